The van der Waals surface area contributed by atoms with E-state index in [9.17, 15) is 9.90 Å². The van der Waals surface area contributed by atoms with Crippen molar-refractivity contribution in [2.75, 3.05) is 25.5 Å². The summed E-state index contributed by atoms with van der Waals surface area (Å²) in [6, 6.07) is 1.69. The lowest BCUT2D eigenvalue weighted by Gasteiger charge is -2.29. The van der Waals surface area contributed by atoms with Crippen molar-refractivity contribution >= 4 is 27.7 Å². The number of halogens is 1. The molecular formula is C14H20BrN3O2. The van der Waals surface area contributed by atoms with Gasteiger partial charge in [0, 0.05) is 24.3 Å². The van der Waals surface area contributed by atoms with Crippen LogP contribution in [0, 0.1) is 0 Å². The first-order valence-electron chi connectivity index (χ1n) is 6.92. The number of nitrogens with one attached hydrogen (secondary N) is 1. The Bertz CT molecular complexity index is 481. The van der Waals surface area contributed by atoms with Gasteiger partial charge in [-0.25, -0.2) is 4.98 Å². The molecule has 1 aromatic heterocycles. The van der Waals surface area contributed by atoms with E-state index >= 15 is 0 Å². The van der Waals surface area contributed by atoms with E-state index in [4.69, 9.17) is 0 Å². The van der Waals surface area contributed by atoms with Crippen LogP contribution in [0.25, 0.3) is 0 Å². The average molecular weight is 342 g/mol. The molecule has 110 valence electrons. The zero-order valence-electron chi connectivity index (χ0n) is 11.6. The van der Waals surface area contributed by atoms with Crippen molar-refractivity contribution in [2.45, 2.75) is 31.7 Å². The lowest BCUT2D eigenvalue weighted by Crippen LogP contribution is -2.42. The lowest BCUT2D eigenvalue weighted by atomic mass is 10.1. The third-order valence-electron chi connectivity index (χ3n) is 3.67. The molecule has 2 rings (SSSR count). The summed E-state index contributed by atoms with van der Waals surface area (Å²) in [5.41, 5.74) is 0.544. The number of pyridine rings is 1. The monoisotopic (exact) mass is 341 g/mol. The first-order chi connectivity index (χ1) is 9.67. The summed E-state index contributed by atoms with van der Waals surface area (Å²) in [5.74, 6) is 0.503. The molecule has 2 heterocycles. The highest BCUT2D eigenvalue weighted by Gasteiger charge is 2.27. The van der Waals surface area contributed by atoms with Gasteiger partial charge in [0.15, 0.2) is 0 Å². The van der Waals surface area contributed by atoms with Crippen LogP contribution >= 0.6 is 15.9 Å². The van der Waals surface area contributed by atoms with Crippen LogP contribution in [0.15, 0.2) is 16.7 Å². The SMILES string of the molecule is CNc1ncc(Br)cc1C(=O)N1CCCCCC1CO. The van der Waals surface area contributed by atoms with E-state index in [0.29, 0.717) is 17.9 Å². The van der Waals surface area contributed by atoms with E-state index in [0.717, 1.165) is 30.2 Å². The predicted molar refractivity (Wildman–Crippen MR) is 81.9 cm³/mol. The molecule has 5 nitrogen and oxygen atoms in total. The van der Waals surface area contributed by atoms with Gasteiger partial charge in [-0.05, 0) is 34.8 Å². The molecule has 1 aliphatic heterocycles. The van der Waals surface area contributed by atoms with Crippen molar-refractivity contribution < 1.29 is 9.90 Å². The van der Waals surface area contributed by atoms with Crippen LogP contribution in [0.3, 0.4) is 0 Å². The molecule has 1 amide bonds. The number of aromatic nitrogens is 1. The minimum atomic E-state index is -0.0892. The summed E-state index contributed by atoms with van der Waals surface area (Å²) in [6.45, 7) is 0.710. The minimum absolute atomic E-state index is 0.0159. The third-order valence-corrected chi connectivity index (χ3v) is 4.10. The lowest BCUT2D eigenvalue weighted by molar-refractivity contribution is 0.0600. The van der Waals surface area contributed by atoms with Crippen molar-refractivity contribution in [1.82, 2.24) is 9.88 Å². The Hall–Kier alpha value is -1.14. The highest BCUT2D eigenvalue weighted by molar-refractivity contribution is 9.10. The molecule has 2 N–H and O–H groups in total. The number of hydrogen-bond acceptors (Lipinski definition) is 4. The number of nitrogens with zero attached hydrogens (tertiary/aromatic N) is 2. The van der Waals surface area contributed by atoms with Crippen molar-refractivity contribution in [2.24, 2.45) is 0 Å². The molecule has 1 aromatic rings. The topological polar surface area (TPSA) is 65.5 Å². The summed E-state index contributed by atoms with van der Waals surface area (Å²) in [4.78, 5) is 18.8. The van der Waals surface area contributed by atoms with Gasteiger partial charge >= 0.3 is 0 Å². The van der Waals surface area contributed by atoms with Crippen molar-refractivity contribution in [3.63, 3.8) is 0 Å². The maximum Gasteiger partial charge on any atom is 0.257 e. The van der Waals surface area contributed by atoms with Gasteiger partial charge in [-0.2, -0.15) is 0 Å². The summed E-state index contributed by atoms with van der Waals surface area (Å²) in [5, 5.41) is 12.5. The first-order valence-corrected chi connectivity index (χ1v) is 7.71. The fourth-order valence-corrected chi connectivity index (χ4v) is 2.92. The number of hydrogen-bond donors (Lipinski definition) is 2. The molecule has 1 unspecified atom stereocenters. The fourth-order valence-electron chi connectivity index (χ4n) is 2.59. The van der Waals surface area contributed by atoms with Crippen LogP contribution < -0.4 is 5.32 Å². The van der Waals surface area contributed by atoms with Crippen molar-refractivity contribution in [3.05, 3.63) is 22.3 Å². The number of anilines is 1. The molecule has 0 radical (unpaired) electrons. The van der Waals surface area contributed by atoms with Gasteiger partial charge in [-0.3, -0.25) is 4.79 Å². The van der Waals surface area contributed by atoms with Gasteiger partial charge < -0.3 is 15.3 Å². The Balaban J connectivity index is 2.30. The highest BCUT2D eigenvalue weighted by atomic mass is 79.9. The fraction of sp³-hybridized carbons (Fsp3) is 0.571. The van der Waals surface area contributed by atoms with E-state index in [1.54, 1.807) is 24.2 Å². The van der Waals surface area contributed by atoms with Gasteiger partial charge in [0.2, 0.25) is 0 Å². The molecule has 0 aromatic carbocycles. The molecule has 1 saturated heterocycles. The normalized spacial score (nSPS) is 19.6. The second-order valence-electron chi connectivity index (χ2n) is 4.98. The van der Waals surface area contributed by atoms with E-state index in [-0.39, 0.29) is 18.6 Å². The third kappa shape index (κ3) is 3.30. The first kappa shape index (κ1) is 15.3. The number of aliphatic hydroxyl groups excluding tert-OH is 1. The second kappa shape index (κ2) is 7.04. The predicted octanol–water partition coefficient (Wildman–Crippen LogP) is 2.26. The second-order valence-corrected chi connectivity index (χ2v) is 5.90. The number of carbonyl (C=O) groups is 1. The number of aliphatic hydroxyl groups is 1. The smallest absolute Gasteiger partial charge is 0.257 e. The Labute approximate surface area is 127 Å². The minimum Gasteiger partial charge on any atom is -0.394 e. The molecule has 1 fully saturated rings. The summed E-state index contributed by atoms with van der Waals surface area (Å²) < 4.78 is 0.773. The molecule has 20 heavy (non-hydrogen) atoms. The van der Waals surface area contributed by atoms with Gasteiger partial charge in [0.25, 0.3) is 5.91 Å². The summed E-state index contributed by atoms with van der Waals surface area (Å²) in [7, 11) is 1.75. The average Bonchev–Trinajstić information content (AvgIpc) is 2.71. The van der Waals surface area contributed by atoms with Gasteiger partial charge in [0.05, 0.1) is 18.2 Å². The zero-order chi connectivity index (χ0) is 14.5. The quantitative estimate of drug-likeness (QED) is 0.884. The molecule has 0 aliphatic carbocycles. The van der Waals surface area contributed by atoms with E-state index in [1.165, 1.54) is 0 Å². The maximum absolute atomic E-state index is 12.8. The van der Waals surface area contributed by atoms with Gasteiger partial charge in [0.1, 0.15) is 5.82 Å². The standard InChI is InChI=1S/C14H20BrN3O2/c1-16-13-12(7-10(15)8-17-13)14(20)18-6-4-2-3-5-11(18)9-19/h7-8,11,19H,2-6,9H2,1H3,(H,16,17). The maximum atomic E-state index is 12.8. The number of amides is 1. The van der Waals surface area contributed by atoms with Crippen LogP contribution in [0.4, 0.5) is 5.82 Å². The zero-order valence-corrected chi connectivity index (χ0v) is 13.2. The Kier molecular flexibility index (Phi) is 5.37. The van der Waals surface area contributed by atoms with Crippen LogP contribution in [0.5, 0.6) is 0 Å². The summed E-state index contributed by atoms with van der Waals surface area (Å²) in [6.07, 6.45) is 5.67. The van der Waals surface area contributed by atoms with Crippen molar-refractivity contribution in [1.29, 1.82) is 0 Å². The number of carbonyl (C=O) groups excluding carboxylic acids is 1. The van der Waals surface area contributed by atoms with Crippen LogP contribution in [-0.4, -0.2) is 47.1 Å². The molecule has 0 saturated carbocycles. The van der Waals surface area contributed by atoms with E-state index in [2.05, 4.69) is 26.2 Å². The van der Waals surface area contributed by atoms with Crippen molar-refractivity contribution in [3.8, 4) is 0 Å². The van der Waals surface area contributed by atoms with Gasteiger partial charge in [-0.1, -0.05) is 12.8 Å². The highest BCUT2D eigenvalue weighted by Crippen LogP contribution is 2.23. The van der Waals surface area contributed by atoms with E-state index in [1.807, 2.05) is 0 Å². The summed E-state index contributed by atoms with van der Waals surface area (Å²) >= 11 is 3.36. The molecule has 0 spiro atoms. The Morgan fingerprint density at radius 2 is 2.35 bits per heavy atom. The molecule has 6 heteroatoms. The molecule has 1 atom stereocenters. The molecular weight excluding hydrogens is 322 g/mol. The Morgan fingerprint density at radius 3 is 3.05 bits per heavy atom. The van der Waals surface area contributed by atoms with Crippen LogP contribution in [0.2, 0.25) is 0 Å². The number of rotatable bonds is 3. The molecule has 0 bridgehead atoms. The van der Waals surface area contributed by atoms with Crippen LogP contribution in [-0.2, 0) is 0 Å². The molecule has 1 aliphatic rings. The number of likely N-dealkylation sites (tertiary alicyclic amines) is 1. The Morgan fingerprint density at radius 1 is 1.55 bits per heavy atom. The van der Waals surface area contributed by atoms with Crippen LogP contribution in [0.1, 0.15) is 36.0 Å². The van der Waals surface area contributed by atoms with Gasteiger partial charge in [-0.15, -0.1) is 0 Å². The largest absolute Gasteiger partial charge is 0.394 e. The van der Waals surface area contributed by atoms with E-state index < -0.39 is 0 Å².